The van der Waals surface area contributed by atoms with Crippen molar-refractivity contribution in [2.24, 2.45) is 0 Å². The fraction of sp³-hybridized carbons (Fsp3) is 0.429. The summed E-state index contributed by atoms with van der Waals surface area (Å²) in [6.45, 7) is 7.94. The van der Waals surface area contributed by atoms with Gasteiger partial charge in [-0.1, -0.05) is 13.0 Å². The van der Waals surface area contributed by atoms with Crippen LogP contribution in [0.3, 0.4) is 0 Å². The lowest BCUT2D eigenvalue weighted by molar-refractivity contribution is -0.115. The molecule has 0 atom stereocenters. The minimum absolute atomic E-state index is 0.00690. The summed E-state index contributed by atoms with van der Waals surface area (Å²) in [5.74, 6) is -0.00690. The molecular weight excluding hydrogens is 258 g/mol. The predicted octanol–water partition coefficient (Wildman–Crippen LogP) is 3.12. The monoisotopic (exact) mass is 279 g/mol. The van der Waals surface area contributed by atoms with Crippen molar-refractivity contribution < 1.29 is 4.79 Å². The Kier molecular flexibility index (Phi) is 5.30. The quantitative estimate of drug-likeness (QED) is 0.744. The summed E-state index contributed by atoms with van der Waals surface area (Å²) in [6.07, 6.45) is 0.460. The lowest BCUT2D eigenvalue weighted by atomic mass is 10.1. The summed E-state index contributed by atoms with van der Waals surface area (Å²) in [5, 5.41) is 9.64. The summed E-state index contributed by atoms with van der Waals surface area (Å²) >= 11 is 5.23. The number of nitrogens with one attached hydrogen (secondary N) is 3. The van der Waals surface area contributed by atoms with E-state index >= 15 is 0 Å². The van der Waals surface area contributed by atoms with Crippen molar-refractivity contribution in [1.29, 1.82) is 0 Å². The van der Waals surface area contributed by atoms with Crippen molar-refractivity contribution in [2.75, 3.05) is 10.6 Å². The lowest BCUT2D eigenvalue weighted by Crippen LogP contribution is -2.42. The Balaban J connectivity index is 2.67. The average Bonchev–Trinajstić information content (AvgIpc) is 2.26. The van der Waals surface area contributed by atoms with Crippen LogP contribution in [0.1, 0.15) is 34.1 Å². The molecule has 1 rings (SSSR count). The minimum atomic E-state index is -0.0852. The molecule has 0 fully saturated rings. The Morgan fingerprint density at radius 3 is 2.32 bits per heavy atom. The number of hydrogen-bond acceptors (Lipinski definition) is 2. The van der Waals surface area contributed by atoms with Gasteiger partial charge >= 0.3 is 0 Å². The molecule has 0 unspecified atom stereocenters. The van der Waals surface area contributed by atoms with Crippen LogP contribution >= 0.6 is 12.2 Å². The van der Waals surface area contributed by atoms with Crippen LogP contribution in [0.25, 0.3) is 0 Å². The molecule has 0 bridgehead atoms. The number of rotatable bonds is 3. The van der Waals surface area contributed by atoms with Crippen LogP contribution in [0.5, 0.6) is 0 Å². The number of thiocarbonyl (C=S) groups is 1. The Morgan fingerprint density at radius 2 is 1.79 bits per heavy atom. The Bertz CT molecular complexity index is 466. The van der Waals surface area contributed by atoms with Crippen molar-refractivity contribution in [3.05, 3.63) is 24.3 Å². The highest BCUT2D eigenvalue weighted by molar-refractivity contribution is 7.80. The third kappa shape index (κ3) is 6.20. The molecule has 19 heavy (non-hydrogen) atoms. The van der Waals surface area contributed by atoms with Gasteiger partial charge in [0, 0.05) is 23.3 Å². The fourth-order valence-corrected chi connectivity index (χ4v) is 1.85. The van der Waals surface area contributed by atoms with Gasteiger partial charge in [-0.3, -0.25) is 4.79 Å². The Morgan fingerprint density at radius 1 is 1.21 bits per heavy atom. The van der Waals surface area contributed by atoms with Crippen LogP contribution in [0, 0.1) is 0 Å². The zero-order valence-electron chi connectivity index (χ0n) is 11.8. The molecule has 1 aromatic carbocycles. The second-order valence-electron chi connectivity index (χ2n) is 5.31. The van der Waals surface area contributed by atoms with E-state index in [0.29, 0.717) is 11.5 Å². The van der Waals surface area contributed by atoms with Crippen molar-refractivity contribution in [3.63, 3.8) is 0 Å². The fourth-order valence-electron chi connectivity index (χ4n) is 1.43. The van der Waals surface area contributed by atoms with Gasteiger partial charge in [0.25, 0.3) is 0 Å². The highest BCUT2D eigenvalue weighted by atomic mass is 32.1. The first kappa shape index (κ1) is 15.4. The maximum absolute atomic E-state index is 11.3. The standard InChI is InChI=1S/C14H21N3OS/c1-5-12(18)15-10-7-6-8-11(9-10)16-13(19)17-14(2,3)4/h6-9H,5H2,1-4H3,(H,15,18)(H2,16,17,19). The van der Waals surface area contributed by atoms with Crippen LogP contribution in [-0.4, -0.2) is 16.6 Å². The summed E-state index contributed by atoms with van der Waals surface area (Å²) in [4.78, 5) is 11.3. The molecule has 5 heteroatoms. The van der Waals surface area contributed by atoms with Gasteiger partial charge in [-0.25, -0.2) is 0 Å². The van der Waals surface area contributed by atoms with Crippen LogP contribution in [0.2, 0.25) is 0 Å². The summed E-state index contributed by atoms with van der Waals surface area (Å²) in [6, 6.07) is 7.47. The van der Waals surface area contributed by atoms with Crippen LogP contribution in [0.15, 0.2) is 24.3 Å². The highest BCUT2D eigenvalue weighted by Crippen LogP contribution is 2.15. The van der Waals surface area contributed by atoms with Crippen LogP contribution in [0.4, 0.5) is 11.4 Å². The van der Waals surface area contributed by atoms with E-state index in [1.165, 1.54) is 0 Å². The topological polar surface area (TPSA) is 53.2 Å². The van der Waals surface area contributed by atoms with E-state index in [9.17, 15) is 4.79 Å². The molecule has 0 aliphatic rings. The van der Waals surface area contributed by atoms with Gasteiger partial charge in [0.15, 0.2) is 5.11 Å². The first-order valence-electron chi connectivity index (χ1n) is 6.29. The highest BCUT2D eigenvalue weighted by Gasteiger charge is 2.11. The van der Waals surface area contributed by atoms with Crippen LogP contribution < -0.4 is 16.0 Å². The number of carbonyl (C=O) groups is 1. The normalized spacial score (nSPS) is 10.7. The van der Waals surface area contributed by atoms with Gasteiger partial charge in [-0.05, 0) is 51.2 Å². The lowest BCUT2D eigenvalue weighted by Gasteiger charge is -2.23. The van der Waals surface area contributed by atoms with Gasteiger partial charge < -0.3 is 16.0 Å². The predicted molar refractivity (Wildman–Crippen MR) is 84.5 cm³/mol. The molecule has 3 N–H and O–H groups in total. The van der Waals surface area contributed by atoms with Gasteiger partial charge in [-0.15, -0.1) is 0 Å². The smallest absolute Gasteiger partial charge is 0.224 e. The molecule has 0 saturated heterocycles. The second kappa shape index (κ2) is 6.52. The summed E-state index contributed by atoms with van der Waals surface area (Å²) < 4.78 is 0. The molecular formula is C14H21N3OS. The Hall–Kier alpha value is -1.62. The molecule has 1 amide bonds. The van der Waals surface area contributed by atoms with Crippen molar-refractivity contribution in [2.45, 2.75) is 39.7 Å². The van der Waals surface area contributed by atoms with Gasteiger partial charge in [0.1, 0.15) is 0 Å². The molecule has 104 valence electrons. The molecule has 4 nitrogen and oxygen atoms in total. The first-order chi connectivity index (χ1) is 8.80. The SMILES string of the molecule is CCC(=O)Nc1cccc(NC(=S)NC(C)(C)C)c1. The van der Waals surface area contributed by atoms with Crippen molar-refractivity contribution in [1.82, 2.24) is 5.32 Å². The van der Waals surface area contributed by atoms with Crippen molar-refractivity contribution >= 4 is 34.6 Å². The van der Waals surface area contributed by atoms with Gasteiger partial charge in [0.05, 0.1) is 0 Å². The molecule has 0 radical (unpaired) electrons. The summed E-state index contributed by atoms with van der Waals surface area (Å²) in [5.41, 5.74) is 1.52. The molecule has 0 spiro atoms. The molecule has 0 aromatic heterocycles. The number of amides is 1. The van der Waals surface area contributed by atoms with Crippen molar-refractivity contribution in [3.8, 4) is 0 Å². The third-order valence-corrected chi connectivity index (χ3v) is 2.42. The second-order valence-corrected chi connectivity index (χ2v) is 5.72. The minimum Gasteiger partial charge on any atom is -0.358 e. The number of anilines is 2. The summed E-state index contributed by atoms with van der Waals surface area (Å²) in [7, 11) is 0. The van der Waals surface area contributed by atoms with E-state index < -0.39 is 0 Å². The van der Waals surface area contributed by atoms with E-state index in [4.69, 9.17) is 12.2 Å². The van der Waals surface area contributed by atoms with E-state index in [2.05, 4.69) is 16.0 Å². The maximum atomic E-state index is 11.3. The molecule has 0 aliphatic heterocycles. The number of carbonyl (C=O) groups excluding carboxylic acids is 1. The van der Waals surface area contributed by atoms with Gasteiger partial charge in [0.2, 0.25) is 5.91 Å². The molecule has 0 heterocycles. The maximum Gasteiger partial charge on any atom is 0.224 e. The zero-order chi connectivity index (χ0) is 14.5. The van der Waals surface area contributed by atoms with Gasteiger partial charge in [-0.2, -0.15) is 0 Å². The van der Waals surface area contributed by atoms with E-state index in [1.807, 2.05) is 52.0 Å². The van der Waals surface area contributed by atoms with E-state index in [1.54, 1.807) is 0 Å². The average molecular weight is 279 g/mol. The largest absolute Gasteiger partial charge is 0.358 e. The Labute approximate surface area is 120 Å². The zero-order valence-corrected chi connectivity index (χ0v) is 12.6. The van der Waals surface area contributed by atoms with E-state index in [0.717, 1.165) is 11.4 Å². The molecule has 0 saturated carbocycles. The van der Waals surface area contributed by atoms with Crippen LogP contribution in [-0.2, 0) is 4.79 Å². The molecule has 1 aromatic rings. The molecule has 0 aliphatic carbocycles. The first-order valence-corrected chi connectivity index (χ1v) is 6.70. The number of hydrogen-bond donors (Lipinski definition) is 3. The third-order valence-electron chi connectivity index (χ3n) is 2.21. The number of benzene rings is 1. The van der Waals surface area contributed by atoms with E-state index in [-0.39, 0.29) is 11.4 Å².